The zero-order valence-electron chi connectivity index (χ0n) is 14.3. The summed E-state index contributed by atoms with van der Waals surface area (Å²) < 4.78 is 10.5. The van der Waals surface area contributed by atoms with E-state index in [1.165, 1.54) is 0 Å². The van der Waals surface area contributed by atoms with Crippen LogP contribution in [0.25, 0.3) is 0 Å². The molecular formula is C17H28N2O3. The quantitative estimate of drug-likeness (QED) is 0.568. The van der Waals surface area contributed by atoms with Gasteiger partial charge in [-0.05, 0) is 45.4 Å². The number of ether oxygens (including phenoxy) is 2. The Labute approximate surface area is 133 Å². The Balaban J connectivity index is 2.91. The number of hydrogen-bond donors (Lipinski definition) is 2. The number of anilines is 2. The predicted molar refractivity (Wildman–Crippen MR) is 90.8 cm³/mol. The van der Waals surface area contributed by atoms with Gasteiger partial charge in [0.1, 0.15) is 5.60 Å². The normalized spacial score (nSPS) is 11.1. The molecule has 1 aromatic rings. The topological polar surface area (TPSA) is 59.6 Å². The molecule has 0 bridgehead atoms. The molecule has 2 N–H and O–H groups in total. The third-order valence-corrected chi connectivity index (χ3v) is 2.84. The first-order valence-electron chi connectivity index (χ1n) is 7.71. The molecule has 0 atom stereocenters. The van der Waals surface area contributed by atoms with Crippen LogP contribution in [0.5, 0.6) is 0 Å². The van der Waals surface area contributed by atoms with Gasteiger partial charge in [0.05, 0.1) is 23.5 Å². The molecule has 0 radical (unpaired) electrons. The monoisotopic (exact) mass is 308 g/mol. The van der Waals surface area contributed by atoms with Crippen molar-refractivity contribution in [1.29, 1.82) is 0 Å². The van der Waals surface area contributed by atoms with Crippen molar-refractivity contribution in [1.82, 2.24) is 0 Å². The van der Waals surface area contributed by atoms with Crippen molar-refractivity contribution in [3.8, 4) is 0 Å². The molecule has 0 heterocycles. The van der Waals surface area contributed by atoms with Crippen molar-refractivity contribution >= 4 is 17.3 Å². The van der Waals surface area contributed by atoms with E-state index in [0.717, 1.165) is 24.3 Å². The summed E-state index contributed by atoms with van der Waals surface area (Å²) in [5.41, 5.74) is 1.90. The molecule has 0 fully saturated rings. The van der Waals surface area contributed by atoms with Crippen molar-refractivity contribution in [2.75, 3.05) is 37.4 Å². The van der Waals surface area contributed by atoms with Crippen LogP contribution in [0.1, 0.15) is 44.5 Å². The molecule has 5 heteroatoms. The third kappa shape index (κ3) is 6.35. The average Bonchev–Trinajstić information content (AvgIpc) is 2.44. The minimum absolute atomic E-state index is 0.315. The molecule has 0 saturated heterocycles. The average molecular weight is 308 g/mol. The van der Waals surface area contributed by atoms with E-state index in [1.54, 1.807) is 13.2 Å². The fourth-order valence-electron chi connectivity index (χ4n) is 1.86. The van der Waals surface area contributed by atoms with E-state index in [-0.39, 0.29) is 5.97 Å². The van der Waals surface area contributed by atoms with E-state index in [1.807, 2.05) is 32.9 Å². The van der Waals surface area contributed by atoms with Crippen LogP contribution >= 0.6 is 0 Å². The van der Waals surface area contributed by atoms with Crippen molar-refractivity contribution in [2.45, 2.75) is 39.7 Å². The van der Waals surface area contributed by atoms with Crippen LogP contribution in [-0.2, 0) is 9.47 Å². The molecule has 1 rings (SSSR count). The summed E-state index contributed by atoms with van der Waals surface area (Å²) in [5.74, 6) is -0.315. The van der Waals surface area contributed by atoms with Crippen LogP contribution < -0.4 is 10.6 Å². The summed E-state index contributed by atoms with van der Waals surface area (Å²) in [6, 6.07) is 5.51. The molecule has 0 spiro atoms. The maximum atomic E-state index is 12.2. The number of carbonyl (C=O) groups excluding carboxylic acids is 1. The molecular weight excluding hydrogens is 280 g/mol. The minimum atomic E-state index is -0.500. The summed E-state index contributed by atoms with van der Waals surface area (Å²) in [5, 5.41) is 6.63. The first-order valence-corrected chi connectivity index (χ1v) is 7.71. The number of esters is 1. The molecule has 0 aliphatic carbocycles. The Kier molecular flexibility index (Phi) is 7.18. The van der Waals surface area contributed by atoms with Crippen molar-refractivity contribution in [3.63, 3.8) is 0 Å². The van der Waals surface area contributed by atoms with Crippen LogP contribution in [-0.4, -0.2) is 38.4 Å². The molecule has 124 valence electrons. The Morgan fingerprint density at radius 2 is 1.82 bits per heavy atom. The standard InChI is InChI=1S/C17H28N2O3/c1-6-9-18-14-8-7-13(16(20)22-17(2,3)4)12-15(14)19-10-11-21-5/h7-8,12,18-19H,6,9-11H2,1-5H3. The fraction of sp³-hybridized carbons (Fsp3) is 0.588. The van der Waals surface area contributed by atoms with Crippen LogP contribution in [0.15, 0.2) is 18.2 Å². The largest absolute Gasteiger partial charge is 0.456 e. The van der Waals surface area contributed by atoms with E-state index >= 15 is 0 Å². The maximum Gasteiger partial charge on any atom is 0.338 e. The molecule has 22 heavy (non-hydrogen) atoms. The van der Waals surface area contributed by atoms with Crippen molar-refractivity contribution in [2.24, 2.45) is 0 Å². The van der Waals surface area contributed by atoms with E-state index in [0.29, 0.717) is 18.7 Å². The van der Waals surface area contributed by atoms with E-state index < -0.39 is 5.60 Å². The molecule has 0 amide bonds. The molecule has 1 aromatic carbocycles. The van der Waals surface area contributed by atoms with Gasteiger partial charge in [-0.3, -0.25) is 0 Å². The predicted octanol–water partition coefficient (Wildman–Crippen LogP) is 3.52. The highest BCUT2D eigenvalue weighted by molar-refractivity contribution is 5.92. The summed E-state index contributed by atoms with van der Waals surface area (Å²) in [7, 11) is 1.66. The second-order valence-electron chi connectivity index (χ2n) is 6.11. The van der Waals surface area contributed by atoms with Crippen LogP contribution in [0.4, 0.5) is 11.4 Å². The van der Waals surface area contributed by atoms with E-state index in [4.69, 9.17) is 9.47 Å². The van der Waals surface area contributed by atoms with Gasteiger partial charge < -0.3 is 20.1 Å². The molecule has 0 aliphatic rings. The van der Waals surface area contributed by atoms with Crippen molar-refractivity contribution in [3.05, 3.63) is 23.8 Å². The van der Waals surface area contributed by atoms with Gasteiger partial charge >= 0.3 is 5.97 Å². The first kappa shape index (κ1) is 18.3. The summed E-state index contributed by atoms with van der Waals surface area (Å²) >= 11 is 0. The number of hydrogen-bond acceptors (Lipinski definition) is 5. The second-order valence-corrected chi connectivity index (χ2v) is 6.11. The second kappa shape index (κ2) is 8.63. The molecule has 5 nitrogen and oxygen atoms in total. The summed E-state index contributed by atoms with van der Waals surface area (Å²) in [6.07, 6.45) is 1.03. The van der Waals surface area contributed by atoms with Crippen LogP contribution in [0.3, 0.4) is 0 Å². The minimum Gasteiger partial charge on any atom is -0.456 e. The van der Waals surface area contributed by atoms with Crippen LogP contribution in [0, 0.1) is 0 Å². The highest BCUT2D eigenvalue weighted by Gasteiger charge is 2.18. The lowest BCUT2D eigenvalue weighted by atomic mass is 10.1. The number of nitrogens with one attached hydrogen (secondary N) is 2. The number of rotatable bonds is 8. The zero-order valence-corrected chi connectivity index (χ0v) is 14.3. The lowest BCUT2D eigenvalue weighted by molar-refractivity contribution is 0.00696. The Hall–Kier alpha value is -1.75. The summed E-state index contributed by atoms with van der Waals surface area (Å²) in [6.45, 7) is 9.85. The molecule has 0 aliphatic heterocycles. The number of carbonyl (C=O) groups is 1. The third-order valence-electron chi connectivity index (χ3n) is 2.84. The smallest absolute Gasteiger partial charge is 0.338 e. The Morgan fingerprint density at radius 1 is 1.14 bits per heavy atom. The first-order chi connectivity index (χ1) is 10.4. The highest BCUT2D eigenvalue weighted by Crippen LogP contribution is 2.24. The lowest BCUT2D eigenvalue weighted by Crippen LogP contribution is -2.24. The maximum absolute atomic E-state index is 12.2. The molecule has 0 aromatic heterocycles. The van der Waals surface area contributed by atoms with Gasteiger partial charge in [-0.2, -0.15) is 0 Å². The van der Waals surface area contributed by atoms with Gasteiger partial charge in [0.25, 0.3) is 0 Å². The highest BCUT2D eigenvalue weighted by atomic mass is 16.6. The van der Waals surface area contributed by atoms with Gasteiger partial charge in [-0.15, -0.1) is 0 Å². The van der Waals surface area contributed by atoms with Gasteiger partial charge in [0, 0.05) is 20.2 Å². The number of benzene rings is 1. The molecule has 0 unspecified atom stereocenters. The SMILES string of the molecule is CCCNc1ccc(C(=O)OC(C)(C)C)cc1NCCOC. The Morgan fingerprint density at radius 3 is 2.41 bits per heavy atom. The van der Waals surface area contributed by atoms with Gasteiger partial charge in [0.2, 0.25) is 0 Å². The van der Waals surface area contributed by atoms with E-state index in [2.05, 4.69) is 17.6 Å². The molecule has 0 saturated carbocycles. The Bertz CT molecular complexity index is 481. The summed E-state index contributed by atoms with van der Waals surface area (Å²) in [4.78, 5) is 12.2. The van der Waals surface area contributed by atoms with Gasteiger partial charge in [0.15, 0.2) is 0 Å². The van der Waals surface area contributed by atoms with Crippen molar-refractivity contribution < 1.29 is 14.3 Å². The fourth-order valence-corrected chi connectivity index (χ4v) is 1.86. The number of methoxy groups -OCH3 is 1. The van der Waals surface area contributed by atoms with Gasteiger partial charge in [-0.25, -0.2) is 4.79 Å². The van der Waals surface area contributed by atoms with Crippen LogP contribution in [0.2, 0.25) is 0 Å². The van der Waals surface area contributed by atoms with Gasteiger partial charge in [-0.1, -0.05) is 6.92 Å². The van der Waals surface area contributed by atoms with E-state index in [9.17, 15) is 4.79 Å². The zero-order chi connectivity index (χ0) is 16.6. The lowest BCUT2D eigenvalue weighted by Gasteiger charge is -2.20.